The van der Waals surface area contributed by atoms with Crippen LogP contribution in [0.15, 0.2) is 59.2 Å². The molecule has 0 radical (unpaired) electrons. The second-order valence-corrected chi connectivity index (χ2v) is 7.63. The van der Waals surface area contributed by atoms with Crippen LogP contribution in [0, 0.1) is 24.0 Å². The van der Waals surface area contributed by atoms with E-state index in [1.807, 2.05) is 26.0 Å². The summed E-state index contributed by atoms with van der Waals surface area (Å²) in [6, 6.07) is 13.3. The molecule has 0 atom stereocenters. The Morgan fingerprint density at radius 3 is 2.66 bits per heavy atom. The summed E-state index contributed by atoms with van der Waals surface area (Å²) >= 11 is 1.42. The van der Waals surface area contributed by atoms with E-state index in [1.54, 1.807) is 18.2 Å². The lowest BCUT2D eigenvalue weighted by atomic mass is 10.1. The Morgan fingerprint density at radius 1 is 1.17 bits per heavy atom. The topological polar surface area (TPSA) is 89.5 Å². The number of furan rings is 1. The number of carbonyl (C=O) groups excluding carboxylic acids is 1. The smallest absolute Gasteiger partial charge is 0.270 e. The number of rotatable bonds is 5. The molecule has 0 aliphatic heterocycles. The van der Waals surface area contributed by atoms with Crippen molar-refractivity contribution in [2.45, 2.75) is 20.4 Å². The van der Waals surface area contributed by atoms with Gasteiger partial charge in [0.15, 0.2) is 5.13 Å². The molecule has 0 unspecified atom stereocenters. The number of hydrogen-bond donors (Lipinski definition) is 0. The van der Waals surface area contributed by atoms with Crippen LogP contribution in [0.5, 0.6) is 0 Å². The highest BCUT2D eigenvalue weighted by atomic mass is 32.1. The number of carbonyl (C=O) groups is 1. The second-order valence-electron chi connectivity index (χ2n) is 6.65. The Kier molecular flexibility index (Phi) is 4.85. The van der Waals surface area contributed by atoms with Crippen molar-refractivity contribution in [3.05, 3.63) is 87.4 Å². The molecule has 0 N–H and O–H groups in total. The molecule has 2 aromatic carbocycles. The van der Waals surface area contributed by atoms with Crippen LogP contribution in [-0.2, 0) is 6.54 Å². The molecule has 0 spiro atoms. The molecule has 4 rings (SSSR count). The van der Waals surface area contributed by atoms with Gasteiger partial charge in [-0.3, -0.25) is 19.8 Å². The van der Waals surface area contributed by atoms with Gasteiger partial charge >= 0.3 is 0 Å². The van der Waals surface area contributed by atoms with E-state index < -0.39 is 4.92 Å². The number of nitrogens with zero attached hydrogens (tertiary/aromatic N) is 3. The Morgan fingerprint density at radius 2 is 1.97 bits per heavy atom. The van der Waals surface area contributed by atoms with E-state index in [1.165, 1.54) is 40.7 Å². The molecule has 4 aromatic rings. The molecule has 0 fully saturated rings. The van der Waals surface area contributed by atoms with Gasteiger partial charge in [-0.1, -0.05) is 29.5 Å². The van der Waals surface area contributed by atoms with E-state index in [2.05, 4.69) is 0 Å². The lowest BCUT2D eigenvalue weighted by Gasteiger charge is -2.18. The average molecular weight is 407 g/mol. The van der Waals surface area contributed by atoms with Crippen LogP contribution >= 0.6 is 11.3 Å². The third-order valence-electron chi connectivity index (χ3n) is 4.60. The SMILES string of the molecule is Cc1ccc(C)c2sc(N(Cc3ccco3)C(=O)c3cccc([N+](=O)[O-])c3)nc12. The lowest BCUT2D eigenvalue weighted by molar-refractivity contribution is -0.384. The van der Waals surface area contributed by atoms with Crippen LogP contribution < -0.4 is 4.90 Å². The van der Waals surface area contributed by atoms with E-state index in [9.17, 15) is 14.9 Å². The number of thiazole rings is 1. The van der Waals surface area contributed by atoms with Crippen LogP contribution in [0.2, 0.25) is 0 Å². The van der Waals surface area contributed by atoms with Crippen molar-refractivity contribution in [2.75, 3.05) is 4.90 Å². The first-order chi connectivity index (χ1) is 13.9. The molecule has 0 aliphatic rings. The molecule has 146 valence electrons. The van der Waals surface area contributed by atoms with Crippen LogP contribution in [0.1, 0.15) is 27.2 Å². The summed E-state index contributed by atoms with van der Waals surface area (Å²) in [6.45, 7) is 4.15. The van der Waals surface area contributed by atoms with Crippen molar-refractivity contribution in [1.82, 2.24) is 4.98 Å². The maximum atomic E-state index is 13.3. The largest absolute Gasteiger partial charge is 0.467 e. The number of aryl methyl sites for hydroxylation is 2. The van der Waals surface area contributed by atoms with Crippen molar-refractivity contribution < 1.29 is 14.1 Å². The summed E-state index contributed by atoms with van der Waals surface area (Å²) in [5.74, 6) is 0.218. The molecule has 7 nitrogen and oxygen atoms in total. The molecule has 0 bridgehead atoms. The van der Waals surface area contributed by atoms with Crippen molar-refractivity contribution in [2.24, 2.45) is 0 Å². The van der Waals surface area contributed by atoms with Gasteiger partial charge in [0.1, 0.15) is 5.76 Å². The summed E-state index contributed by atoms with van der Waals surface area (Å²) in [5.41, 5.74) is 3.04. The van der Waals surface area contributed by atoms with Gasteiger partial charge < -0.3 is 4.42 Å². The highest BCUT2D eigenvalue weighted by Crippen LogP contribution is 2.34. The third kappa shape index (κ3) is 3.62. The predicted molar refractivity (Wildman–Crippen MR) is 111 cm³/mol. The maximum Gasteiger partial charge on any atom is 0.270 e. The van der Waals surface area contributed by atoms with Crippen LogP contribution in [0.3, 0.4) is 0 Å². The van der Waals surface area contributed by atoms with Gasteiger partial charge in [-0.25, -0.2) is 4.98 Å². The van der Waals surface area contributed by atoms with Gasteiger partial charge in [0.05, 0.1) is 27.9 Å². The first kappa shape index (κ1) is 18.8. The van der Waals surface area contributed by atoms with Gasteiger partial charge in [-0.05, 0) is 43.2 Å². The number of aromatic nitrogens is 1. The van der Waals surface area contributed by atoms with Gasteiger partial charge in [-0.15, -0.1) is 0 Å². The minimum Gasteiger partial charge on any atom is -0.467 e. The van der Waals surface area contributed by atoms with Crippen LogP contribution in [-0.4, -0.2) is 15.8 Å². The summed E-state index contributed by atoms with van der Waals surface area (Å²) in [4.78, 5) is 30.1. The summed E-state index contributed by atoms with van der Waals surface area (Å²) < 4.78 is 6.44. The summed E-state index contributed by atoms with van der Waals surface area (Å²) in [6.07, 6.45) is 1.54. The minimum absolute atomic E-state index is 0.134. The van der Waals surface area contributed by atoms with E-state index in [0.717, 1.165) is 21.3 Å². The highest BCUT2D eigenvalue weighted by molar-refractivity contribution is 7.22. The zero-order valence-corrected chi connectivity index (χ0v) is 16.6. The molecule has 2 aromatic heterocycles. The lowest BCUT2D eigenvalue weighted by Crippen LogP contribution is -2.30. The summed E-state index contributed by atoms with van der Waals surface area (Å²) in [7, 11) is 0. The molecule has 0 aliphatic carbocycles. The molecule has 29 heavy (non-hydrogen) atoms. The highest BCUT2D eigenvalue weighted by Gasteiger charge is 2.24. The van der Waals surface area contributed by atoms with E-state index in [4.69, 9.17) is 9.40 Å². The first-order valence-corrected chi connectivity index (χ1v) is 9.71. The Bertz CT molecular complexity index is 1180. The molecule has 0 saturated carbocycles. The van der Waals surface area contributed by atoms with Gasteiger partial charge in [-0.2, -0.15) is 0 Å². The number of anilines is 1. The maximum absolute atomic E-state index is 13.3. The summed E-state index contributed by atoms with van der Waals surface area (Å²) in [5, 5.41) is 11.6. The van der Waals surface area contributed by atoms with Gasteiger partial charge in [0.2, 0.25) is 0 Å². The standard InChI is InChI=1S/C21H17N3O4S/c1-13-8-9-14(2)19-18(13)22-21(29-19)23(12-17-7-4-10-28-17)20(25)15-5-3-6-16(11-15)24(26)27/h3-11H,12H2,1-2H3. The van der Waals surface area contributed by atoms with Crippen molar-refractivity contribution >= 4 is 38.3 Å². The predicted octanol–water partition coefficient (Wildman–Crippen LogP) is 5.26. The Balaban J connectivity index is 1.81. The van der Waals surface area contributed by atoms with Crippen LogP contribution in [0.25, 0.3) is 10.2 Å². The van der Waals surface area contributed by atoms with E-state index in [-0.39, 0.29) is 23.7 Å². The quantitative estimate of drug-likeness (QED) is 0.332. The molecule has 1 amide bonds. The van der Waals surface area contributed by atoms with Gasteiger partial charge in [0.25, 0.3) is 11.6 Å². The number of nitro benzene ring substituents is 1. The number of nitro groups is 1. The average Bonchev–Trinajstić information content (AvgIpc) is 3.39. The van der Waals surface area contributed by atoms with Gasteiger partial charge in [0, 0.05) is 17.7 Å². The Hall–Kier alpha value is -3.52. The third-order valence-corrected chi connectivity index (χ3v) is 5.82. The van der Waals surface area contributed by atoms with Crippen molar-refractivity contribution in [1.29, 1.82) is 0 Å². The fraction of sp³-hybridized carbons (Fsp3) is 0.143. The zero-order chi connectivity index (χ0) is 20.5. The monoisotopic (exact) mass is 407 g/mol. The molecular formula is C21H17N3O4S. The fourth-order valence-corrected chi connectivity index (χ4v) is 4.17. The van der Waals surface area contributed by atoms with Crippen molar-refractivity contribution in [3.63, 3.8) is 0 Å². The second kappa shape index (κ2) is 7.48. The minimum atomic E-state index is -0.516. The molecule has 2 heterocycles. The number of fused-ring (bicyclic) bond motifs is 1. The molecule has 0 saturated heterocycles. The normalized spacial score (nSPS) is 11.0. The van der Waals surface area contributed by atoms with Crippen LogP contribution in [0.4, 0.5) is 10.8 Å². The first-order valence-electron chi connectivity index (χ1n) is 8.89. The van der Waals surface area contributed by atoms with E-state index in [0.29, 0.717) is 10.9 Å². The number of non-ortho nitro benzene ring substituents is 1. The zero-order valence-electron chi connectivity index (χ0n) is 15.8. The number of benzene rings is 2. The number of amides is 1. The molecule has 8 heteroatoms. The van der Waals surface area contributed by atoms with E-state index >= 15 is 0 Å². The fourth-order valence-electron chi connectivity index (χ4n) is 3.06. The number of hydrogen-bond acceptors (Lipinski definition) is 6. The molecular weight excluding hydrogens is 390 g/mol. The Labute approximate surface area is 170 Å². The van der Waals surface area contributed by atoms with Crippen molar-refractivity contribution in [3.8, 4) is 0 Å².